The molecule has 49 heavy (non-hydrogen) atoms. The van der Waals surface area contributed by atoms with Crippen LogP contribution in [0.25, 0.3) is 0 Å². The molecule has 4 amide bonds. The molecule has 1 aromatic heterocycles. The smallest absolute Gasteiger partial charge is 0.328 e. The van der Waals surface area contributed by atoms with Crippen LogP contribution < -0.4 is 41.4 Å². The molecule has 1 aliphatic heterocycles. The third-order valence-electron chi connectivity index (χ3n) is 7.95. The Hall–Kier alpha value is -5.60. The minimum atomic E-state index is -0.930. The Balaban J connectivity index is 1.61. The van der Waals surface area contributed by atoms with E-state index in [0.717, 1.165) is 0 Å². The lowest BCUT2D eigenvalue weighted by Gasteiger charge is -2.26. The molecule has 262 valence electrons. The van der Waals surface area contributed by atoms with Crippen molar-refractivity contribution in [3.63, 3.8) is 0 Å². The average Bonchev–Trinajstić information content (AvgIpc) is 3.07. The molecule has 2 aromatic carbocycles. The Morgan fingerprint density at radius 2 is 1.73 bits per heavy atom. The maximum absolute atomic E-state index is 13.5. The van der Waals surface area contributed by atoms with Gasteiger partial charge >= 0.3 is 5.69 Å². The van der Waals surface area contributed by atoms with E-state index in [0.29, 0.717) is 41.2 Å². The third-order valence-corrected chi connectivity index (χ3v) is 7.95. The predicted molar refractivity (Wildman–Crippen MR) is 179 cm³/mol. The Kier molecular flexibility index (Phi) is 12.6. The fraction of sp³-hybridized carbons (Fsp3) is 0.412. The maximum atomic E-state index is 13.5. The number of H-pyrrole nitrogens is 1. The molecule has 0 saturated heterocycles. The molecule has 1 aliphatic rings. The van der Waals surface area contributed by atoms with E-state index < -0.39 is 35.0 Å². The number of nitrogens with zero attached hydrogens (tertiary/aromatic N) is 2. The van der Waals surface area contributed by atoms with Crippen LogP contribution in [0.2, 0.25) is 0 Å². The lowest BCUT2D eigenvalue weighted by atomic mass is 10.0. The minimum absolute atomic E-state index is 0.0157. The third kappa shape index (κ3) is 9.72. The van der Waals surface area contributed by atoms with Crippen LogP contribution in [0.5, 0.6) is 23.0 Å². The van der Waals surface area contributed by atoms with Crippen LogP contribution in [0.1, 0.15) is 49.0 Å². The topological polar surface area (TPSA) is 190 Å². The zero-order valence-corrected chi connectivity index (χ0v) is 28.0. The van der Waals surface area contributed by atoms with Gasteiger partial charge in [0.25, 0.3) is 11.5 Å². The predicted octanol–water partition coefficient (Wildman–Crippen LogP) is 1.55. The molecule has 4 rings (SSSR count). The highest BCUT2D eigenvalue weighted by atomic mass is 16.5. The quantitative estimate of drug-likeness (QED) is 0.300. The standard InChI is InChI=1S/C34H42N6O9/c1-21(2)31-33(45)36-19-23-24(47-3)8-7-9-25(23)49-27-18-22(10-11-26(27)48-4)32(44)35-14-5-6-15-40(20-29(42)37-31)30(43)13-17-39-16-12-28(41)38-34(39)46/h7-12,16,18,21,31H,5-6,13-15,17,19-20H2,1-4H3,(H,35,44)(H,36,45)(H,37,42)(H,38,41,46)/t31-/m1/s1. The van der Waals surface area contributed by atoms with Gasteiger partial charge in [0.2, 0.25) is 17.7 Å². The molecule has 15 nitrogen and oxygen atoms in total. The molecule has 0 spiro atoms. The number of aromatic nitrogens is 2. The van der Waals surface area contributed by atoms with E-state index in [2.05, 4.69) is 20.9 Å². The summed E-state index contributed by atoms with van der Waals surface area (Å²) in [5.74, 6) is -0.603. The lowest BCUT2D eigenvalue weighted by molar-refractivity contribution is -0.137. The number of aromatic amines is 1. The number of amides is 4. The fourth-order valence-electron chi connectivity index (χ4n) is 5.25. The number of rotatable bonds is 6. The largest absolute Gasteiger partial charge is 0.496 e. The zero-order valence-electron chi connectivity index (χ0n) is 28.0. The highest BCUT2D eigenvalue weighted by Gasteiger charge is 2.27. The van der Waals surface area contributed by atoms with Crippen LogP contribution >= 0.6 is 0 Å². The van der Waals surface area contributed by atoms with E-state index in [-0.39, 0.29) is 56.7 Å². The average molecular weight is 679 g/mol. The first kappa shape index (κ1) is 36.2. The van der Waals surface area contributed by atoms with Gasteiger partial charge in [-0.15, -0.1) is 0 Å². The summed E-state index contributed by atoms with van der Waals surface area (Å²) >= 11 is 0. The number of aryl methyl sites for hydroxylation is 1. The monoisotopic (exact) mass is 678 g/mol. The normalized spacial score (nSPS) is 16.4. The molecule has 2 heterocycles. The van der Waals surface area contributed by atoms with E-state index >= 15 is 0 Å². The second-order valence-corrected chi connectivity index (χ2v) is 11.7. The number of hydrogen-bond donors (Lipinski definition) is 4. The summed E-state index contributed by atoms with van der Waals surface area (Å²) in [5, 5.41) is 8.50. The van der Waals surface area contributed by atoms with Gasteiger partial charge in [-0.2, -0.15) is 0 Å². The van der Waals surface area contributed by atoms with E-state index in [4.69, 9.17) is 14.2 Å². The Bertz CT molecular complexity index is 1780. The van der Waals surface area contributed by atoms with Gasteiger partial charge in [-0.05, 0) is 49.1 Å². The van der Waals surface area contributed by atoms with Crippen molar-refractivity contribution in [1.29, 1.82) is 0 Å². The SMILES string of the molecule is COc1ccc2cc1Oc1cccc(OC)c1CNC(=O)[C@@H](C(C)C)NC(=O)CN(C(=O)CCn1ccc(=O)[nH]c1=O)CCCCNC2=O. The molecular formula is C34H42N6O9. The minimum Gasteiger partial charge on any atom is -0.496 e. The highest BCUT2D eigenvalue weighted by molar-refractivity contribution is 5.95. The van der Waals surface area contributed by atoms with Gasteiger partial charge in [0.1, 0.15) is 17.5 Å². The summed E-state index contributed by atoms with van der Waals surface area (Å²) < 4.78 is 18.5. The van der Waals surface area contributed by atoms with Crippen LogP contribution in [-0.4, -0.2) is 78.0 Å². The van der Waals surface area contributed by atoms with Crippen molar-refractivity contribution < 1.29 is 33.4 Å². The number of nitrogens with one attached hydrogen (secondary N) is 4. The van der Waals surface area contributed by atoms with Crippen LogP contribution in [0.3, 0.4) is 0 Å². The summed E-state index contributed by atoms with van der Waals surface area (Å²) in [4.78, 5) is 80.2. The molecule has 0 aliphatic carbocycles. The Morgan fingerprint density at radius 1 is 0.959 bits per heavy atom. The van der Waals surface area contributed by atoms with Gasteiger partial charge in [-0.1, -0.05) is 19.9 Å². The van der Waals surface area contributed by atoms with Crippen molar-refractivity contribution >= 4 is 23.6 Å². The van der Waals surface area contributed by atoms with Crippen molar-refractivity contribution in [2.75, 3.05) is 33.9 Å². The van der Waals surface area contributed by atoms with Crippen molar-refractivity contribution in [1.82, 2.24) is 30.4 Å². The van der Waals surface area contributed by atoms with E-state index in [1.807, 2.05) is 0 Å². The van der Waals surface area contributed by atoms with Crippen molar-refractivity contribution in [2.45, 2.75) is 52.2 Å². The van der Waals surface area contributed by atoms with Crippen molar-refractivity contribution in [3.05, 3.63) is 80.6 Å². The number of methoxy groups -OCH3 is 2. The van der Waals surface area contributed by atoms with Gasteiger partial charge < -0.3 is 39.6 Å². The number of hydrogen-bond acceptors (Lipinski definition) is 9. The van der Waals surface area contributed by atoms with Crippen molar-refractivity contribution in [3.8, 4) is 23.0 Å². The molecular weight excluding hydrogens is 636 g/mol. The zero-order chi connectivity index (χ0) is 35.5. The van der Waals surface area contributed by atoms with Crippen LogP contribution in [0.15, 0.2) is 58.3 Å². The van der Waals surface area contributed by atoms with Gasteiger partial charge in [0, 0.05) is 43.9 Å². The number of carbonyl (C=O) groups is 4. The van der Waals surface area contributed by atoms with Crippen LogP contribution in [0.4, 0.5) is 0 Å². The number of fused-ring (bicyclic) bond motifs is 3. The Morgan fingerprint density at radius 3 is 2.45 bits per heavy atom. The van der Waals surface area contributed by atoms with Crippen LogP contribution in [-0.2, 0) is 27.5 Å². The molecule has 0 unspecified atom stereocenters. The summed E-state index contributed by atoms with van der Waals surface area (Å²) in [6, 6.07) is 10.2. The molecule has 0 fully saturated rings. The first-order valence-corrected chi connectivity index (χ1v) is 15.9. The number of carbonyl (C=O) groups excluding carboxylic acids is 4. The molecule has 15 heteroatoms. The summed E-state index contributed by atoms with van der Waals surface area (Å²) in [5.41, 5.74) is -0.366. The molecule has 3 aromatic rings. The molecule has 1 atom stereocenters. The van der Waals surface area contributed by atoms with E-state index in [1.165, 1.54) is 35.9 Å². The van der Waals surface area contributed by atoms with Gasteiger partial charge in [-0.25, -0.2) is 4.79 Å². The highest BCUT2D eigenvalue weighted by Crippen LogP contribution is 2.37. The summed E-state index contributed by atoms with van der Waals surface area (Å²) in [6.45, 7) is 3.68. The second-order valence-electron chi connectivity index (χ2n) is 11.7. The molecule has 4 N–H and O–H groups in total. The lowest BCUT2D eigenvalue weighted by Crippen LogP contribution is -2.52. The first-order chi connectivity index (χ1) is 23.5. The fourth-order valence-corrected chi connectivity index (χ4v) is 5.25. The second kappa shape index (κ2) is 17.0. The first-order valence-electron chi connectivity index (χ1n) is 15.9. The van der Waals surface area contributed by atoms with Crippen molar-refractivity contribution in [2.24, 2.45) is 5.92 Å². The molecule has 2 bridgehead atoms. The molecule has 0 saturated carbocycles. The molecule has 0 radical (unpaired) electrons. The van der Waals surface area contributed by atoms with E-state index in [9.17, 15) is 28.8 Å². The Labute approximate surface area is 282 Å². The number of benzene rings is 2. The summed E-state index contributed by atoms with van der Waals surface area (Å²) in [6.07, 6.45) is 2.11. The number of ether oxygens (including phenoxy) is 3. The maximum Gasteiger partial charge on any atom is 0.328 e. The summed E-state index contributed by atoms with van der Waals surface area (Å²) in [7, 11) is 2.97. The van der Waals surface area contributed by atoms with E-state index in [1.54, 1.807) is 50.2 Å². The van der Waals surface area contributed by atoms with Gasteiger partial charge in [0.15, 0.2) is 11.5 Å². The van der Waals surface area contributed by atoms with Crippen LogP contribution in [0, 0.1) is 5.92 Å². The van der Waals surface area contributed by atoms with Gasteiger partial charge in [0.05, 0.1) is 32.9 Å². The van der Waals surface area contributed by atoms with Gasteiger partial charge in [-0.3, -0.25) is 29.0 Å².